The maximum atomic E-state index is 13.3. The molecule has 2 atom stereocenters. The van der Waals surface area contributed by atoms with E-state index in [0.29, 0.717) is 32.1 Å². The predicted molar refractivity (Wildman–Crippen MR) is 94.0 cm³/mol. The Labute approximate surface area is 148 Å². The Morgan fingerprint density at radius 3 is 2.58 bits per heavy atom. The van der Waals surface area contributed by atoms with Gasteiger partial charge in [0.05, 0.1) is 5.41 Å². The first-order valence-corrected chi connectivity index (χ1v) is 8.48. The Hall–Kier alpha value is -1.17. The highest BCUT2D eigenvalue weighted by Gasteiger charge is 2.42. The summed E-state index contributed by atoms with van der Waals surface area (Å²) in [4.78, 5) is 13.1. The van der Waals surface area contributed by atoms with Crippen molar-refractivity contribution in [1.82, 2.24) is 10.6 Å². The number of benzene rings is 1. The summed E-state index contributed by atoms with van der Waals surface area (Å²) in [6, 6.07) is 6.99. The first-order valence-electron chi connectivity index (χ1n) is 8.48. The third-order valence-corrected chi connectivity index (χ3v) is 5.14. The average Bonchev–Trinajstić information content (AvgIpc) is 2.56. The van der Waals surface area contributed by atoms with Crippen molar-refractivity contribution in [2.45, 2.75) is 50.1 Å². The zero-order chi connectivity index (χ0) is 16.3. The number of carbonyl (C=O) groups is 1. The fraction of sp³-hybridized carbons (Fsp3) is 0.611. The van der Waals surface area contributed by atoms with Crippen LogP contribution in [0.3, 0.4) is 0 Å². The number of rotatable bonds is 3. The van der Waals surface area contributed by atoms with E-state index in [4.69, 9.17) is 4.74 Å². The van der Waals surface area contributed by atoms with Crippen LogP contribution in [0.1, 0.15) is 38.2 Å². The van der Waals surface area contributed by atoms with Gasteiger partial charge in [-0.3, -0.25) is 4.79 Å². The molecule has 0 aromatic heterocycles. The van der Waals surface area contributed by atoms with E-state index in [9.17, 15) is 9.18 Å². The molecule has 2 heterocycles. The average molecular weight is 357 g/mol. The van der Waals surface area contributed by atoms with Crippen LogP contribution < -0.4 is 10.6 Å². The Morgan fingerprint density at radius 1 is 1.29 bits per heavy atom. The number of carbonyl (C=O) groups excluding carboxylic acids is 1. The molecule has 0 bridgehead atoms. The quantitative estimate of drug-likeness (QED) is 0.875. The van der Waals surface area contributed by atoms with E-state index in [1.165, 1.54) is 12.1 Å². The molecule has 2 unspecified atom stereocenters. The van der Waals surface area contributed by atoms with Gasteiger partial charge >= 0.3 is 0 Å². The minimum absolute atomic E-state index is 0. The van der Waals surface area contributed by atoms with E-state index in [1.54, 1.807) is 12.1 Å². The normalized spacial score (nSPS) is 26.2. The fourth-order valence-electron chi connectivity index (χ4n) is 3.72. The van der Waals surface area contributed by atoms with Crippen LogP contribution >= 0.6 is 12.4 Å². The lowest BCUT2D eigenvalue weighted by molar-refractivity contribution is -0.131. The molecule has 2 aliphatic heterocycles. The summed E-state index contributed by atoms with van der Waals surface area (Å²) in [6.45, 7) is 4.20. The van der Waals surface area contributed by atoms with Gasteiger partial charge in [0.1, 0.15) is 5.82 Å². The zero-order valence-corrected chi connectivity index (χ0v) is 14.8. The monoisotopic (exact) mass is 356 g/mol. The Kier molecular flexibility index (Phi) is 6.61. The molecule has 6 heteroatoms. The second kappa shape index (κ2) is 8.28. The first kappa shape index (κ1) is 19.2. The molecule has 24 heavy (non-hydrogen) atoms. The molecule has 2 aliphatic rings. The van der Waals surface area contributed by atoms with Gasteiger partial charge in [-0.25, -0.2) is 4.39 Å². The summed E-state index contributed by atoms with van der Waals surface area (Å²) >= 11 is 0. The topological polar surface area (TPSA) is 50.4 Å². The molecular formula is C18H26ClFN2O2. The maximum absolute atomic E-state index is 13.3. The van der Waals surface area contributed by atoms with Gasteiger partial charge in [-0.15, -0.1) is 12.4 Å². The molecule has 134 valence electrons. The van der Waals surface area contributed by atoms with Crippen LogP contribution in [-0.2, 0) is 14.9 Å². The first-order chi connectivity index (χ1) is 11.1. The highest BCUT2D eigenvalue weighted by atomic mass is 35.5. The third kappa shape index (κ3) is 4.08. The lowest BCUT2D eigenvalue weighted by atomic mass is 9.73. The molecule has 0 radical (unpaired) electrons. The Bertz CT molecular complexity index is 546. The van der Waals surface area contributed by atoms with E-state index in [0.717, 1.165) is 24.9 Å². The van der Waals surface area contributed by atoms with Crippen molar-refractivity contribution in [2.24, 2.45) is 0 Å². The van der Waals surface area contributed by atoms with Crippen molar-refractivity contribution < 1.29 is 13.9 Å². The minimum Gasteiger partial charge on any atom is -0.381 e. The van der Waals surface area contributed by atoms with Crippen molar-refractivity contribution >= 4 is 18.3 Å². The van der Waals surface area contributed by atoms with Crippen molar-refractivity contribution in [3.8, 4) is 0 Å². The van der Waals surface area contributed by atoms with E-state index in [-0.39, 0.29) is 30.2 Å². The van der Waals surface area contributed by atoms with Gasteiger partial charge in [-0.2, -0.15) is 0 Å². The molecule has 0 spiro atoms. The van der Waals surface area contributed by atoms with Crippen LogP contribution in [0.15, 0.2) is 24.3 Å². The maximum Gasteiger partial charge on any atom is 0.231 e. The number of hydrogen-bond donors (Lipinski definition) is 2. The lowest BCUT2D eigenvalue weighted by Crippen LogP contribution is -2.54. The van der Waals surface area contributed by atoms with E-state index in [2.05, 4.69) is 17.6 Å². The fourth-order valence-corrected chi connectivity index (χ4v) is 3.72. The summed E-state index contributed by atoms with van der Waals surface area (Å²) in [5, 5.41) is 6.64. The second-order valence-corrected chi connectivity index (χ2v) is 6.75. The molecule has 3 rings (SSSR count). The second-order valence-electron chi connectivity index (χ2n) is 6.75. The number of halogens is 2. The van der Waals surface area contributed by atoms with Crippen LogP contribution in [0.5, 0.6) is 0 Å². The number of ether oxygens (including phenoxy) is 1. The van der Waals surface area contributed by atoms with Gasteiger partial charge in [0.15, 0.2) is 0 Å². The van der Waals surface area contributed by atoms with Crippen LogP contribution in [0.2, 0.25) is 0 Å². The molecule has 2 saturated heterocycles. The largest absolute Gasteiger partial charge is 0.381 e. The Morgan fingerprint density at radius 2 is 1.96 bits per heavy atom. The van der Waals surface area contributed by atoms with Gasteiger partial charge in [0, 0.05) is 25.3 Å². The smallest absolute Gasteiger partial charge is 0.231 e. The SMILES string of the molecule is CC1CC(NC(=O)C2(c3ccc(F)cc3)CCOCC2)CCN1.Cl. The van der Waals surface area contributed by atoms with E-state index in [1.807, 2.05) is 0 Å². The molecule has 1 amide bonds. The highest BCUT2D eigenvalue weighted by molar-refractivity contribution is 5.88. The number of hydrogen-bond acceptors (Lipinski definition) is 3. The third-order valence-electron chi connectivity index (χ3n) is 5.14. The summed E-state index contributed by atoms with van der Waals surface area (Å²) in [7, 11) is 0. The van der Waals surface area contributed by atoms with Gasteiger partial charge in [-0.1, -0.05) is 12.1 Å². The van der Waals surface area contributed by atoms with Crippen LogP contribution in [0.25, 0.3) is 0 Å². The Balaban J connectivity index is 0.00000208. The van der Waals surface area contributed by atoms with Gasteiger partial charge in [0.25, 0.3) is 0 Å². The van der Waals surface area contributed by atoms with Crippen molar-refractivity contribution in [2.75, 3.05) is 19.8 Å². The highest BCUT2D eigenvalue weighted by Crippen LogP contribution is 2.35. The van der Waals surface area contributed by atoms with Crippen LogP contribution in [0.4, 0.5) is 4.39 Å². The summed E-state index contributed by atoms with van der Waals surface area (Å²) in [5.74, 6) is -0.213. The summed E-state index contributed by atoms with van der Waals surface area (Å²) in [6.07, 6.45) is 3.18. The number of piperidine rings is 1. The van der Waals surface area contributed by atoms with E-state index < -0.39 is 5.41 Å². The number of nitrogens with one attached hydrogen (secondary N) is 2. The van der Waals surface area contributed by atoms with Gasteiger partial charge in [-0.05, 0) is 56.8 Å². The van der Waals surface area contributed by atoms with Gasteiger partial charge < -0.3 is 15.4 Å². The molecule has 4 nitrogen and oxygen atoms in total. The molecule has 2 N–H and O–H groups in total. The molecule has 1 aromatic rings. The molecule has 2 fully saturated rings. The van der Waals surface area contributed by atoms with Crippen LogP contribution in [-0.4, -0.2) is 37.7 Å². The van der Waals surface area contributed by atoms with Crippen molar-refractivity contribution in [3.63, 3.8) is 0 Å². The summed E-state index contributed by atoms with van der Waals surface area (Å²) < 4.78 is 18.7. The van der Waals surface area contributed by atoms with Gasteiger partial charge in [0.2, 0.25) is 5.91 Å². The number of amides is 1. The predicted octanol–water partition coefficient (Wildman–Crippen LogP) is 2.55. The standard InChI is InChI=1S/C18H25FN2O2.ClH/c1-13-12-16(6-9-20-13)21-17(22)18(7-10-23-11-8-18)14-2-4-15(19)5-3-14;/h2-5,13,16,20H,6-12H2,1H3,(H,21,22);1H. The molecule has 0 saturated carbocycles. The van der Waals surface area contributed by atoms with Crippen molar-refractivity contribution in [3.05, 3.63) is 35.6 Å². The molecule has 0 aliphatic carbocycles. The lowest BCUT2D eigenvalue weighted by Gasteiger charge is -2.38. The van der Waals surface area contributed by atoms with Crippen LogP contribution in [0, 0.1) is 5.82 Å². The molecular weight excluding hydrogens is 331 g/mol. The minimum atomic E-state index is -0.597. The molecule has 1 aromatic carbocycles. The van der Waals surface area contributed by atoms with Crippen molar-refractivity contribution in [1.29, 1.82) is 0 Å². The summed E-state index contributed by atoms with van der Waals surface area (Å²) in [5.41, 5.74) is 0.293. The zero-order valence-electron chi connectivity index (χ0n) is 14.0. The van der Waals surface area contributed by atoms with E-state index >= 15 is 0 Å².